The lowest BCUT2D eigenvalue weighted by molar-refractivity contribution is 0.177. The number of benzene rings is 1. The van der Waals surface area contributed by atoms with Crippen LogP contribution in [-0.2, 0) is 5.54 Å². The fourth-order valence-electron chi connectivity index (χ4n) is 2.40. The minimum absolute atomic E-state index is 0.0906. The zero-order valence-corrected chi connectivity index (χ0v) is 12.7. The van der Waals surface area contributed by atoms with E-state index in [1.54, 1.807) is 18.0 Å². The predicted octanol–water partition coefficient (Wildman–Crippen LogP) is 2.81. The Morgan fingerprint density at radius 1 is 1.14 bits per heavy atom. The van der Waals surface area contributed by atoms with E-state index in [0.717, 1.165) is 16.3 Å². The van der Waals surface area contributed by atoms with E-state index in [-0.39, 0.29) is 6.61 Å². The minimum atomic E-state index is -0.398. The second kappa shape index (κ2) is 6.60. The van der Waals surface area contributed by atoms with Crippen LogP contribution in [0.25, 0.3) is 0 Å². The molecule has 2 aromatic rings. The standard InChI is InChI=1S/C17H20N2OS/c20-12-17(19-15-9-10-15,14-6-2-1-3-7-14)13-21-16-8-4-5-11-18-16/h1-8,11,15,19-20H,9-10,12-13H2. The molecule has 1 aliphatic carbocycles. The van der Waals surface area contributed by atoms with Crippen molar-refractivity contribution in [3.8, 4) is 0 Å². The molecule has 1 fully saturated rings. The van der Waals surface area contributed by atoms with E-state index in [2.05, 4.69) is 22.4 Å². The molecule has 2 N–H and O–H groups in total. The van der Waals surface area contributed by atoms with E-state index in [4.69, 9.17) is 0 Å². The molecule has 0 bridgehead atoms. The van der Waals surface area contributed by atoms with Gasteiger partial charge in [-0.1, -0.05) is 36.4 Å². The zero-order chi connectivity index (χ0) is 14.5. The van der Waals surface area contributed by atoms with Gasteiger partial charge in [0.1, 0.15) is 0 Å². The Bertz CT molecular complexity index is 560. The Morgan fingerprint density at radius 2 is 1.90 bits per heavy atom. The quantitative estimate of drug-likeness (QED) is 0.772. The van der Waals surface area contributed by atoms with Crippen molar-refractivity contribution in [2.45, 2.75) is 29.4 Å². The Kier molecular flexibility index (Phi) is 4.58. The molecule has 3 rings (SSSR count). The number of thioether (sulfide) groups is 1. The summed E-state index contributed by atoms with van der Waals surface area (Å²) >= 11 is 1.68. The van der Waals surface area contributed by atoms with Gasteiger partial charge in [0, 0.05) is 18.0 Å². The molecule has 1 unspecified atom stereocenters. The summed E-state index contributed by atoms with van der Waals surface area (Å²) < 4.78 is 0. The summed E-state index contributed by atoms with van der Waals surface area (Å²) in [7, 11) is 0. The van der Waals surface area contributed by atoms with Gasteiger partial charge in [0.25, 0.3) is 0 Å². The molecule has 1 atom stereocenters. The van der Waals surface area contributed by atoms with Crippen molar-refractivity contribution in [3.63, 3.8) is 0 Å². The summed E-state index contributed by atoms with van der Waals surface area (Å²) in [5, 5.41) is 14.7. The molecule has 0 radical (unpaired) electrons. The molecule has 1 aromatic carbocycles. The minimum Gasteiger partial charge on any atom is -0.394 e. The predicted molar refractivity (Wildman–Crippen MR) is 86.3 cm³/mol. The van der Waals surface area contributed by atoms with Crippen LogP contribution in [0.2, 0.25) is 0 Å². The lowest BCUT2D eigenvalue weighted by Crippen LogP contribution is -2.49. The normalized spacial score (nSPS) is 17.4. The van der Waals surface area contributed by atoms with Crippen molar-refractivity contribution in [2.24, 2.45) is 0 Å². The van der Waals surface area contributed by atoms with Crippen LogP contribution in [0.4, 0.5) is 0 Å². The number of aliphatic hydroxyl groups is 1. The average molecular weight is 300 g/mol. The van der Waals surface area contributed by atoms with E-state index in [1.807, 2.05) is 36.4 Å². The molecule has 4 heteroatoms. The van der Waals surface area contributed by atoms with Gasteiger partial charge >= 0.3 is 0 Å². The van der Waals surface area contributed by atoms with Gasteiger partial charge in [-0.05, 0) is 30.5 Å². The molecule has 1 aromatic heterocycles. The maximum absolute atomic E-state index is 10.1. The van der Waals surface area contributed by atoms with E-state index in [0.29, 0.717) is 6.04 Å². The van der Waals surface area contributed by atoms with Crippen molar-refractivity contribution in [1.29, 1.82) is 0 Å². The van der Waals surface area contributed by atoms with Gasteiger partial charge in [0.2, 0.25) is 0 Å². The number of aromatic nitrogens is 1. The molecule has 1 aliphatic rings. The van der Waals surface area contributed by atoms with Crippen LogP contribution in [0, 0.1) is 0 Å². The maximum Gasteiger partial charge on any atom is 0.0960 e. The van der Waals surface area contributed by atoms with Crippen molar-refractivity contribution >= 4 is 11.8 Å². The Morgan fingerprint density at radius 3 is 2.52 bits per heavy atom. The number of nitrogens with one attached hydrogen (secondary N) is 1. The Labute approximate surface area is 129 Å². The van der Waals surface area contributed by atoms with Crippen molar-refractivity contribution in [2.75, 3.05) is 12.4 Å². The van der Waals surface area contributed by atoms with Gasteiger partial charge < -0.3 is 10.4 Å². The first kappa shape index (κ1) is 14.6. The summed E-state index contributed by atoms with van der Waals surface area (Å²) in [5.74, 6) is 0.765. The van der Waals surface area contributed by atoms with Crippen LogP contribution in [-0.4, -0.2) is 28.5 Å². The van der Waals surface area contributed by atoms with Crippen LogP contribution in [0.15, 0.2) is 59.8 Å². The van der Waals surface area contributed by atoms with Crippen molar-refractivity contribution in [1.82, 2.24) is 10.3 Å². The van der Waals surface area contributed by atoms with Gasteiger partial charge in [-0.15, -0.1) is 11.8 Å². The van der Waals surface area contributed by atoms with Crippen LogP contribution < -0.4 is 5.32 Å². The molecule has 1 saturated carbocycles. The van der Waals surface area contributed by atoms with Gasteiger partial charge in [0.15, 0.2) is 0 Å². The highest BCUT2D eigenvalue weighted by molar-refractivity contribution is 7.99. The van der Waals surface area contributed by atoms with Crippen molar-refractivity contribution in [3.05, 3.63) is 60.3 Å². The lowest BCUT2D eigenvalue weighted by Gasteiger charge is -2.33. The number of hydrogen-bond acceptors (Lipinski definition) is 4. The summed E-state index contributed by atoms with van der Waals surface area (Å²) in [6.45, 7) is 0.0906. The molecule has 0 saturated heterocycles. The fraction of sp³-hybridized carbons (Fsp3) is 0.353. The smallest absolute Gasteiger partial charge is 0.0960 e. The third kappa shape index (κ3) is 3.64. The molecule has 1 heterocycles. The fourth-order valence-corrected chi connectivity index (χ4v) is 3.44. The van der Waals surface area contributed by atoms with Crippen molar-refractivity contribution < 1.29 is 5.11 Å². The Hall–Kier alpha value is -1.36. The third-order valence-electron chi connectivity index (χ3n) is 3.76. The number of hydrogen-bond donors (Lipinski definition) is 2. The number of rotatable bonds is 7. The van der Waals surface area contributed by atoms with Crippen LogP contribution in [0.3, 0.4) is 0 Å². The molecular weight excluding hydrogens is 280 g/mol. The topological polar surface area (TPSA) is 45.2 Å². The van der Waals surface area contributed by atoms with E-state index in [9.17, 15) is 5.11 Å². The summed E-state index contributed by atoms with van der Waals surface area (Å²) in [5.41, 5.74) is 0.743. The number of pyridine rings is 1. The monoisotopic (exact) mass is 300 g/mol. The summed E-state index contributed by atoms with van der Waals surface area (Å²) in [6, 6.07) is 16.7. The van der Waals surface area contributed by atoms with Crippen LogP contribution >= 0.6 is 11.8 Å². The maximum atomic E-state index is 10.1. The molecule has 3 nitrogen and oxygen atoms in total. The number of aliphatic hydroxyl groups excluding tert-OH is 1. The first-order valence-electron chi connectivity index (χ1n) is 7.30. The summed E-state index contributed by atoms with van der Waals surface area (Å²) in [4.78, 5) is 4.36. The number of nitrogens with zero attached hydrogens (tertiary/aromatic N) is 1. The molecule has 0 aliphatic heterocycles. The highest BCUT2D eigenvalue weighted by Gasteiger charge is 2.37. The molecular formula is C17H20N2OS. The van der Waals surface area contributed by atoms with Crippen LogP contribution in [0.1, 0.15) is 18.4 Å². The van der Waals surface area contributed by atoms with Gasteiger partial charge in [-0.3, -0.25) is 0 Å². The lowest BCUT2D eigenvalue weighted by atomic mass is 9.92. The molecule has 21 heavy (non-hydrogen) atoms. The van der Waals surface area contributed by atoms with Crippen LogP contribution in [0.5, 0.6) is 0 Å². The van der Waals surface area contributed by atoms with Gasteiger partial charge in [-0.2, -0.15) is 0 Å². The highest BCUT2D eigenvalue weighted by atomic mass is 32.2. The van der Waals surface area contributed by atoms with E-state index >= 15 is 0 Å². The SMILES string of the molecule is OCC(CSc1ccccn1)(NC1CC1)c1ccccc1. The average Bonchev–Trinajstić information content (AvgIpc) is 3.37. The van der Waals surface area contributed by atoms with E-state index < -0.39 is 5.54 Å². The van der Waals surface area contributed by atoms with E-state index in [1.165, 1.54) is 12.8 Å². The van der Waals surface area contributed by atoms with Gasteiger partial charge in [0.05, 0.1) is 17.2 Å². The zero-order valence-electron chi connectivity index (χ0n) is 11.9. The van der Waals surface area contributed by atoms with Gasteiger partial charge in [-0.25, -0.2) is 4.98 Å². The highest BCUT2D eigenvalue weighted by Crippen LogP contribution is 2.33. The second-order valence-electron chi connectivity index (χ2n) is 5.48. The first-order valence-corrected chi connectivity index (χ1v) is 8.29. The second-order valence-corrected chi connectivity index (χ2v) is 6.48. The molecule has 0 amide bonds. The third-order valence-corrected chi connectivity index (χ3v) is 4.93. The Balaban J connectivity index is 1.81. The molecule has 110 valence electrons. The first-order chi connectivity index (χ1) is 10.3. The molecule has 0 spiro atoms. The summed E-state index contributed by atoms with van der Waals surface area (Å²) in [6.07, 6.45) is 4.20. The largest absolute Gasteiger partial charge is 0.394 e.